The van der Waals surface area contributed by atoms with Crippen LogP contribution in [-0.4, -0.2) is 42.6 Å². The molecule has 30 heavy (non-hydrogen) atoms. The number of nitrogens with zero attached hydrogens (tertiary/aromatic N) is 3. The number of aliphatic hydroxyl groups excluding tert-OH is 1. The van der Waals surface area contributed by atoms with Gasteiger partial charge in [0.15, 0.2) is 6.23 Å². The Morgan fingerprint density at radius 3 is 2.60 bits per heavy atom. The van der Waals surface area contributed by atoms with Crippen LogP contribution in [0.15, 0.2) is 36.8 Å². The fraction of sp³-hybridized carbons (Fsp3) is 0.429. The van der Waals surface area contributed by atoms with Crippen LogP contribution in [0, 0.1) is 12.7 Å². The van der Waals surface area contributed by atoms with Gasteiger partial charge in [0, 0.05) is 23.1 Å². The quantitative estimate of drug-likeness (QED) is 0.673. The van der Waals surface area contributed by atoms with Gasteiger partial charge in [0.1, 0.15) is 29.5 Å². The van der Waals surface area contributed by atoms with Crippen molar-refractivity contribution in [3.8, 4) is 0 Å². The van der Waals surface area contributed by atoms with Crippen molar-refractivity contribution in [1.29, 1.82) is 0 Å². The number of hydrogen-bond acceptors (Lipinski definition) is 5. The number of rotatable bonds is 4. The van der Waals surface area contributed by atoms with Crippen LogP contribution in [0.5, 0.6) is 0 Å². The smallest absolute Gasteiger partial charge is 0.263 e. The van der Waals surface area contributed by atoms with Gasteiger partial charge in [0.05, 0.1) is 11.8 Å². The average molecular weight is 421 g/mol. The van der Waals surface area contributed by atoms with E-state index in [1.807, 2.05) is 6.92 Å². The van der Waals surface area contributed by atoms with Crippen LogP contribution < -0.4 is 0 Å². The van der Waals surface area contributed by atoms with Crippen molar-refractivity contribution in [3.05, 3.63) is 59.4 Å². The molecule has 1 aliphatic rings. The van der Waals surface area contributed by atoms with Crippen molar-refractivity contribution >= 4 is 11.0 Å². The first kappa shape index (κ1) is 20.8. The molecule has 1 aliphatic heterocycles. The Balaban J connectivity index is 1.71. The highest BCUT2D eigenvalue weighted by atomic mass is 19.3. The summed E-state index contributed by atoms with van der Waals surface area (Å²) in [6, 6.07) is 4.89. The molecular formula is C21H22F3N3O3. The monoisotopic (exact) mass is 421 g/mol. The van der Waals surface area contributed by atoms with Crippen LogP contribution in [0.4, 0.5) is 13.2 Å². The van der Waals surface area contributed by atoms with Gasteiger partial charge in [0.2, 0.25) is 0 Å². The van der Waals surface area contributed by atoms with Crippen LogP contribution in [0.3, 0.4) is 0 Å². The SMILES string of the molecule is Cc1ncnc2c1ccn2[C@@H]1O[C@H]([C@H](C)c2cc(F)cc(C(F)F)c2)[C@@](C)(O)[C@H]1O. The van der Waals surface area contributed by atoms with E-state index in [1.165, 1.54) is 19.3 Å². The highest BCUT2D eigenvalue weighted by Crippen LogP contribution is 2.44. The topological polar surface area (TPSA) is 80.4 Å². The van der Waals surface area contributed by atoms with Crippen molar-refractivity contribution in [1.82, 2.24) is 14.5 Å². The zero-order valence-corrected chi connectivity index (χ0v) is 16.6. The fourth-order valence-electron chi connectivity index (χ4n) is 4.16. The van der Waals surface area contributed by atoms with E-state index < -0.39 is 47.8 Å². The number of aryl methyl sites for hydroxylation is 1. The molecule has 0 bridgehead atoms. The van der Waals surface area contributed by atoms with Crippen LogP contribution in [0.25, 0.3) is 11.0 Å². The summed E-state index contributed by atoms with van der Waals surface area (Å²) in [6.45, 7) is 4.88. The van der Waals surface area contributed by atoms with E-state index in [0.717, 1.165) is 23.2 Å². The van der Waals surface area contributed by atoms with Crippen molar-refractivity contribution in [2.75, 3.05) is 0 Å². The Bertz CT molecular complexity index is 1090. The first-order valence-corrected chi connectivity index (χ1v) is 9.54. The minimum Gasteiger partial charge on any atom is -0.385 e. The molecule has 2 N–H and O–H groups in total. The Labute approximate surface area is 171 Å². The molecule has 0 aliphatic carbocycles. The molecule has 6 nitrogen and oxygen atoms in total. The number of aromatic nitrogens is 3. The van der Waals surface area contributed by atoms with Crippen molar-refractivity contribution in [2.24, 2.45) is 0 Å². The van der Waals surface area contributed by atoms with Crippen LogP contribution in [-0.2, 0) is 4.74 Å². The third-order valence-corrected chi connectivity index (χ3v) is 5.89. The van der Waals surface area contributed by atoms with Gasteiger partial charge < -0.3 is 19.5 Å². The molecule has 0 saturated carbocycles. The van der Waals surface area contributed by atoms with Gasteiger partial charge in [-0.05, 0) is 43.7 Å². The lowest BCUT2D eigenvalue weighted by atomic mass is 9.83. The zero-order valence-electron chi connectivity index (χ0n) is 16.6. The number of halogens is 3. The number of aliphatic hydroxyl groups is 2. The minimum atomic E-state index is -2.83. The summed E-state index contributed by atoms with van der Waals surface area (Å²) in [6.07, 6.45) is -3.04. The molecule has 9 heteroatoms. The van der Waals surface area contributed by atoms with Crippen molar-refractivity contribution in [3.63, 3.8) is 0 Å². The maximum Gasteiger partial charge on any atom is 0.263 e. The molecule has 1 fully saturated rings. The van der Waals surface area contributed by atoms with Crippen molar-refractivity contribution < 1.29 is 28.1 Å². The Morgan fingerprint density at radius 2 is 1.90 bits per heavy atom. The molecule has 0 unspecified atom stereocenters. The van der Waals surface area contributed by atoms with E-state index in [0.29, 0.717) is 5.65 Å². The van der Waals surface area contributed by atoms with E-state index in [1.54, 1.807) is 23.8 Å². The maximum absolute atomic E-state index is 13.9. The standard InChI is InChI=1S/C21H22F3N3O3/c1-10(12-6-13(18(23)24)8-14(22)7-12)17-21(3,29)16(28)20(30-17)27-5-4-15-11(2)25-9-26-19(15)27/h4-10,16-18,20,28-29H,1-3H3/t10-,16+,17-,20-,21+/m1/s1. The van der Waals surface area contributed by atoms with Gasteiger partial charge in [-0.15, -0.1) is 0 Å². The Kier molecular flexibility index (Phi) is 5.08. The number of fused-ring (bicyclic) bond motifs is 1. The molecule has 2 aromatic heterocycles. The van der Waals surface area contributed by atoms with Gasteiger partial charge in [-0.2, -0.15) is 0 Å². The molecule has 3 heterocycles. The highest BCUT2D eigenvalue weighted by Gasteiger charge is 2.55. The summed E-state index contributed by atoms with van der Waals surface area (Å²) in [7, 11) is 0. The summed E-state index contributed by atoms with van der Waals surface area (Å²) in [5, 5.41) is 22.7. The van der Waals surface area contributed by atoms with Gasteiger partial charge in [-0.25, -0.2) is 23.1 Å². The first-order chi connectivity index (χ1) is 14.1. The lowest BCUT2D eigenvalue weighted by Gasteiger charge is -2.31. The fourth-order valence-corrected chi connectivity index (χ4v) is 4.16. The van der Waals surface area contributed by atoms with Crippen LogP contribution >= 0.6 is 0 Å². The van der Waals surface area contributed by atoms with E-state index in [2.05, 4.69) is 9.97 Å². The van der Waals surface area contributed by atoms with Gasteiger partial charge in [0.25, 0.3) is 6.43 Å². The van der Waals surface area contributed by atoms with Crippen molar-refractivity contribution in [2.45, 2.75) is 57.2 Å². The normalized spacial score (nSPS) is 27.8. The third kappa shape index (κ3) is 3.27. The second-order valence-electron chi connectivity index (χ2n) is 7.94. The number of benzene rings is 1. The maximum atomic E-state index is 13.9. The molecule has 3 aromatic rings. The summed E-state index contributed by atoms with van der Waals surface area (Å²) in [4.78, 5) is 8.38. The predicted molar refractivity (Wildman–Crippen MR) is 103 cm³/mol. The predicted octanol–water partition coefficient (Wildman–Crippen LogP) is 3.63. The molecule has 160 valence electrons. The molecule has 1 saturated heterocycles. The Morgan fingerprint density at radius 1 is 1.20 bits per heavy atom. The number of hydrogen-bond donors (Lipinski definition) is 2. The van der Waals surface area contributed by atoms with E-state index in [9.17, 15) is 23.4 Å². The molecule has 4 rings (SSSR count). The second-order valence-corrected chi connectivity index (χ2v) is 7.94. The van der Waals surface area contributed by atoms with Gasteiger partial charge in [-0.1, -0.05) is 6.92 Å². The summed E-state index contributed by atoms with van der Waals surface area (Å²) >= 11 is 0. The molecule has 5 atom stereocenters. The number of ether oxygens (including phenoxy) is 1. The van der Waals surface area contributed by atoms with Gasteiger partial charge in [-0.3, -0.25) is 0 Å². The average Bonchev–Trinajstić information content (AvgIpc) is 3.21. The third-order valence-electron chi connectivity index (χ3n) is 5.89. The molecule has 0 spiro atoms. The van der Waals surface area contributed by atoms with E-state index in [4.69, 9.17) is 4.74 Å². The molecule has 0 amide bonds. The molecular weight excluding hydrogens is 399 g/mol. The largest absolute Gasteiger partial charge is 0.385 e. The first-order valence-electron chi connectivity index (χ1n) is 9.54. The van der Waals surface area contributed by atoms with Crippen LogP contribution in [0.1, 0.15) is 49.2 Å². The lowest BCUT2D eigenvalue weighted by molar-refractivity contribution is -0.0705. The summed E-state index contributed by atoms with van der Waals surface area (Å²) < 4.78 is 47.8. The highest BCUT2D eigenvalue weighted by molar-refractivity contribution is 5.78. The minimum absolute atomic E-state index is 0.249. The summed E-state index contributed by atoms with van der Waals surface area (Å²) in [5.74, 6) is -1.47. The van der Waals surface area contributed by atoms with Crippen LogP contribution in [0.2, 0.25) is 0 Å². The zero-order chi connectivity index (χ0) is 21.8. The summed E-state index contributed by atoms with van der Waals surface area (Å²) in [5.41, 5.74) is -0.641. The Hall–Kier alpha value is -2.49. The second kappa shape index (κ2) is 7.33. The lowest BCUT2D eigenvalue weighted by Crippen LogP contribution is -2.46. The molecule has 1 aromatic carbocycles. The molecule has 0 radical (unpaired) electrons. The van der Waals surface area contributed by atoms with E-state index in [-0.39, 0.29) is 5.56 Å². The van der Waals surface area contributed by atoms with Gasteiger partial charge >= 0.3 is 0 Å². The number of alkyl halides is 2. The van der Waals surface area contributed by atoms with E-state index >= 15 is 0 Å².